The van der Waals surface area contributed by atoms with E-state index in [1.54, 1.807) is 25.7 Å². The fourth-order valence-electron chi connectivity index (χ4n) is 3.60. The van der Waals surface area contributed by atoms with Crippen molar-refractivity contribution in [3.8, 4) is 5.75 Å². The van der Waals surface area contributed by atoms with Crippen LogP contribution in [0.2, 0.25) is 5.02 Å². The SMILES string of the molecule is CC(C)(C)OC(=O)N1CCC(COc2cc(NS(=O)(=O)c3ccccc3Cl)cc(C(F)(F)F)c2)CC1. The third-order valence-corrected chi connectivity index (χ3v) is 7.25. The zero-order chi connectivity index (χ0) is 26.7. The minimum absolute atomic E-state index is 0.00139. The van der Waals surface area contributed by atoms with E-state index in [9.17, 15) is 26.4 Å². The maximum Gasteiger partial charge on any atom is 0.416 e. The smallest absolute Gasteiger partial charge is 0.416 e. The predicted molar refractivity (Wildman–Crippen MR) is 130 cm³/mol. The number of hydrogen-bond donors (Lipinski definition) is 1. The van der Waals surface area contributed by atoms with Gasteiger partial charge in [-0.15, -0.1) is 0 Å². The number of benzene rings is 2. The molecule has 0 spiro atoms. The van der Waals surface area contributed by atoms with Gasteiger partial charge in [-0.25, -0.2) is 13.2 Å². The molecule has 0 bridgehead atoms. The van der Waals surface area contributed by atoms with E-state index in [1.807, 2.05) is 0 Å². The second-order valence-electron chi connectivity index (χ2n) is 9.50. The van der Waals surface area contributed by atoms with Crippen LogP contribution in [0.1, 0.15) is 39.2 Å². The van der Waals surface area contributed by atoms with E-state index in [1.165, 1.54) is 30.3 Å². The van der Waals surface area contributed by atoms with Gasteiger partial charge in [-0.3, -0.25) is 4.72 Å². The zero-order valence-corrected chi connectivity index (χ0v) is 21.6. The fraction of sp³-hybridized carbons (Fsp3) is 0.458. The summed E-state index contributed by atoms with van der Waals surface area (Å²) in [6, 6.07) is 8.32. The topological polar surface area (TPSA) is 84.9 Å². The number of alkyl halides is 3. The molecule has 1 aliphatic heterocycles. The van der Waals surface area contributed by atoms with Crippen molar-refractivity contribution < 1.29 is 35.9 Å². The Kier molecular flexibility index (Phi) is 8.34. The van der Waals surface area contributed by atoms with Crippen LogP contribution in [0, 0.1) is 5.92 Å². The van der Waals surface area contributed by atoms with Crippen LogP contribution in [0.5, 0.6) is 5.75 Å². The molecular weight excluding hydrogens is 521 g/mol. The van der Waals surface area contributed by atoms with Gasteiger partial charge in [-0.05, 0) is 63.8 Å². The van der Waals surface area contributed by atoms with Crippen LogP contribution in [-0.2, 0) is 20.9 Å². The van der Waals surface area contributed by atoms with Crippen LogP contribution in [0.4, 0.5) is 23.7 Å². The van der Waals surface area contributed by atoms with Crippen molar-refractivity contribution in [2.45, 2.75) is 50.3 Å². The molecule has 3 rings (SSSR count). The zero-order valence-electron chi connectivity index (χ0n) is 20.1. The highest BCUT2D eigenvalue weighted by Gasteiger charge is 2.32. The Hall–Kier alpha value is -2.66. The molecule has 12 heteroatoms. The van der Waals surface area contributed by atoms with Crippen LogP contribution < -0.4 is 9.46 Å². The number of carbonyl (C=O) groups excluding carboxylic acids is 1. The van der Waals surface area contributed by atoms with Gasteiger partial charge in [0.25, 0.3) is 10.0 Å². The summed E-state index contributed by atoms with van der Waals surface area (Å²) in [6.45, 7) is 6.33. The van der Waals surface area contributed by atoms with E-state index in [2.05, 4.69) is 4.72 Å². The third kappa shape index (κ3) is 7.67. The minimum Gasteiger partial charge on any atom is -0.493 e. The van der Waals surface area contributed by atoms with Gasteiger partial charge in [-0.1, -0.05) is 23.7 Å². The Labute approximate surface area is 213 Å². The quantitative estimate of drug-likeness (QED) is 0.465. The number of amides is 1. The molecule has 1 fully saturated rings. The summed E-state index contributed by atoms with van der Waals surface area (Å²) in [7, 11) is -4.24. The number of nitrogens with one attached hydrogen (secondary N) is 1. The van der Waals surface area contributed by atoms with Gasteiger partial charge >= 0.3 is 12.3 Å². The number of carbonyl (C=O) groups is 1. The van der Waals surface area contributed by atoms with E-state index < -0.39 is 33.5 Å². The summed E-state index contributed by atoms with van der Waals surface area (Å²) in [4.78, 5) is 13.5. The van der Waals surface area contributed by atoms with Crippen LogP contribution >= 0.6 is 11.6 Å². The van der Waals surface area contributed by atoms with Crippen molar-refractivity contribution in [3.05, 3.63) is 53.1 Å². The number of nitrogens with zero attached hydrogens (tertiary/aromatic N) is 1. The number of sulfonamides is 1. The molecule has 1 N–H and O–H groups in total. The largest absolute Gasteiger partial charge is 0.493 e. The van der Waals surface area contributed by atoms with Crippen LogP contribution in [0.3, 0.4) is 0 Å². The molecule has 0 saturated carbocycles. The monoisotopic (exact) mass is 548 g/mol. The lowest BCUT2D eigenvalue weighted by molar-refractivity contribution is -0.137. The lowest BCUT2D eigenvalue weighted by atomic mass is 9.98. The first kappa shape index (κ1) is 27.9. The normalized spacial score (nSPS) is 15.5. The van der Waals surface area contributed by atoms with Gasteiger partial charge in [-0.2, -0.15) is 13.2 Å². The molecule has 0 radical (unpaired) electrons. The second-order valence-corrected chi connectivity index (χ2v) is 11.6. The minimum atomic E-state index is -4.72. The van der Waals surface area contributed by atoms with Crippen molar-refractivity contribution in [1.82, 2.24) is 4.90 Å². The Morgan fingerprint density at radius 3 is 2.33 bits per heavy atom. The summed E-state index contributed by atoms with van der Waals surface area (Å²) < 4.78 is 79.1. The number of anilines is 1. The van der Waals surface area contributed by atoms with Crippen LogP contribution in [0.25, 0.3) is 0 Å². The van der Waals surface area contributed by atoms with Crippen molar-refractivity contribution in [1.29, 1.82) is 0 Å². The van der Waals surface area contributed by atoms with Gasteiger partial charge in [0, 0.05) is 19.2 Å². The standard InChI is InChI=1S/C24H28ClF3N2O5S/c1-23(2,3)35-22(31)30-10-8-16(9-11-30)15-34-19-13-17(24(26,27)28)12-18(14-19)29-36(32,33)21-7-5-4-6-20(21)25/h4-7,12-14,16,29H,8-11,15H2,1-3H3. The highest BCUT2D eigenvalue weighted by molar-refractivity contribution is 7.92. The molecule has 0 atom stereocenters. The summed E-state index contributed by atoms with van der Waals surface area (Å²) >= 11 is 5.95. The molecule has 0 aromatic heterocycles. The molecule has 1 saturated heterocycles. The molecule has 7 nitrogen and oxygen atoms in total. The third-order valence-electron chi connectivity index (χ3n) is 5.36. The number of likely N-dealkylation sites (tertiary alicyclic amines) is 1. The number of ether oxygens (including phenoxy) is 2. The number of hydrogen-bond acceptors (Lipinski definition) is 5. The predicted octanol–water partition coefficient (Wildman–Crippen LogP) is 6.19. The van der Waals surface area contributed by atoms with Crippen LogP contribution in [0.15, 0.2) is 47.4 Å². The van der Waals surface area contributed by atoms with Crippen molar-refractivity contribution in [2.24, 2.45) is 5.92 Å². The van der Waals surface area contributed by atoms with Crippen molar-refractivity contribution >= 4 is 33.4 Å². The van der Waals surface area contributed by atoms with Crippen molar-refractivity contribution in [2.75, 3.05) is 24.4 Å². The van der Waals surface area contributed by atoms with E-state index in [0.717, 1.165) is 6.07 Å². The molecular formula is C24H28ClF3N2O5S. The average Bonchev–Trinajstić information content (AvgIpc) is 2.76. The Bertz CT molecular complexity index is 1190. The molecule has 1 aliphatic rings. The van der Waals surface area contributed by atoms with Gasteiger partial charge in [0.05, 0.1) is 22.9 Å². The summed E-state index contributed by atoms with van der Waals surface area (Å²) in [5.74, 6) is -0.127. The lowest BCUT2D eigenvalue weighted by Crippen LogP contribution is -2.42. The summed E-state index contributed by atoms with van der Waals surface area (Å²) in [5.41, 5.74) is -1.97. The van der Waals surface area contributed by atoms with Gasteiger partial charge in [0.15, 0.2) is 0 Å². The highest BCUT2D eigenvalue weighted by Crippen LogP contribution is 2.35. The van der Waals surface area contributed by atoms with Gasteiger partial charge < -0.3 is 14.4 Å². The van der Waals surface area contributed by atoms with Crippen LogP contribution in [-0.4, -0.2) is 44.7 Å². The molecule has 36 heavy (non-hydrogen) atoms. The summed E-state index contributed by atoms with van der Waals surface area (Å²) in [5, 5.41) is -0.0637. The Morgan fingerprint density at radius 1 is 1.11 bits per heavy atom. The molecule has 2 aromatic carbocycles. The van der Waals surface area contributed by atoms with E-state index >= 15 is 0 Å². The molecule has 2 aromatic rings. The molecule has 198 valence electrons. The fourth-order valence-corrected chi connectivity index (χ4v) is 5.16. The van der Waals surface area contributed by atoms with Gasteiger partial charge in [0.2, 0.25) is 0 Å². The average molecular weight is 549 g/mol. The van der Waals surface area contributed by atoms with E-state index in [-0.39, 0.29) is 33.9 Å². The molecule has 1 heterocycles. The maximum absolute atomic E-state index is 13.5. The van der Waals surface area contributed by atoms with E-state index in [0.29, 0.717) is 32.0 Å². The maximum atomic E-state index is 13.5. The second kappa shape index (κ2) is 10.8. The Balaban J connectivity index is 1.70. The number of rotatable bonds is 6. The molecule has 0 unspecified atom stereocenters. The Morgan fingerprint density at radius 2 is 1.75 bits per heavy atom. The number of piperidine rings is 1. The highest BCUT2D eigenvalue weighted by atomic mass is 35.5. The lowest BCUT2D eigenvalue weighted by Gasteiger charge is -2.33. The molecule has 0 aliphatic carbocycles. The van der Waals surface area contributed by atoms with E-state index in [4.69, 9.17) is 21.1 Å². The first-order valence-corrected chi connectivity index (χ1v) is 13.1. The van der Waals surface area contributed by atoms with Gasteiger partial charge in [0.1, 0.15) is 16.2 Å². The first-order valence-electron chi connectivity index (χ1n) is 11.2. The first-order chi connectivity index (χ1) is 16.6. The summed E-state index contributed by atoms with van der Waals surface area (Å²) in [6.07, 6.45) is -3.95. The number of halogens is 4. The van der Waals surface area contributed by atoms with Crippen molar-refractivity contribution in [3.63, 3.8) is 0 Å². The molecule has 1 amide bonds.